The summed E-state index contributed by atoms with van der Waals surface area (Å²) in [7, 11) is 0. The number of fused-ring (bicyclic) bond motifs is 1. The molecule has 0 bridgehead atoms. The molecule has 1 aromatic heterocycles. The fraction of sp³-hybridized carbons (Fsp3) is 0.500. The van der Waals surface area contributed by atoms with Crippen LogP contribution in [0.1, 0.15) is 38.2 Å². The van der Waals surface area contributed by atoms with Crippen molar-refractivity contribution in [2.75, 3.05) is 12.0 Å². The highest BCUT2D eigenvalue weighted by Crippen LogP contribution is 2.39. The number of rotatable bonds is 6. The Hall–Kier alpha value is -2.81. The predicted molar refractivity (Wildman–Crippen MR) is 98.5 cm³/mol. The highest BCUT2D eigenvalue weighted by molar-refractivity contribution is 5.84. The lowest BCUT2D eigenvalue weighted by Gasteiger charge is -2.38. The van der Waals surface area contributed by atoms with E-state index in [9.17, 15) is 14.8 Å². The topological polar surface area (TPSA) is 120 Å². The SMILES string of the molecule is Cc1ccc2nc(NNC(=O)[C@]3(CN(O)C=O)CC[C@H](C)CC3)nnc2c1. The van der Waals surface area contributed by atoms with Crippen LogP contribution in [0.4, 0.5) is 5.95 Å². The van der Waals surface area contributed by atoms with Crippen molar-refractivity contribution in [2.45, 2.75) is 39.5 Å². The lowest BCUT2D eigenvalue weighted by atomic mass is 9.70. The number of anilines is 1. The lowest BCUT2D eigenvalue weighted by Crippen LogP contribution is -2.51. The molecule has 144 valence electrons. The van der Waals surface area contributed by atoms with E-state index >= 15 is 0 Å². The Balaban J connectivity index is 1.71. The van der Waals surface area contributed by atoms with Gasteiger partial charge in [-0.25, -0.2) is 10.0 Å². The summed E-state index contributed by atoms with van der Waals surface area (Å²) in [5, 5.41) is 18.3. The Morgan fingerprint density at radius 2 is 2.07 bits per heavy atom. The highest BCUT2D eigenvalue weighted by atomic mass is 16.5. The second kappa shape index (κ2) is 7.83. The largest absolute Gasteiger partial charge is 0.286 e. The molecule has 1 aliphatic rings. The molecule has 3 rings (SSSR count). The van der Waals surface area contributed by atoms with Gasteiger partial charge in [-0.05, 0) is 56.2 Å². The molecule has 1 fully saturated rings. The average molecular weight is 372 g/mol. The average Bonchev–Trinajstić information content (AvgIpc) is 2.67. The van der Waals surface area contributed by atoms with Gasteiger partial charge in [0.1, 0.15) is 5.52 Å². The number of nitrogens with one attached hydrogen (secondary N) is 2. The Kier molecular flexibility index (Phi) is 5.50. The molecule has 0 aliphatic heterocycles. The molecule has 2 aromatic rings. The van der Waals surface area contributed by atoms with Gasteiger partial charge < -0.3 is 0 Å². The third-order valence-electron chi connectivity index (χ3n) is 5.20. The smallest absolute Gasteiger partial charge is 0.262 e. The summed E-state index contributed by atoms with van der Waals surface area (Å²) in [5.41, 5.74) is 6.87. The van der Waals surface area contributed by atoms with Crippen molar-refractivity contribution in [3.8, 4) is 0 Å². The van der Waals surface area contributed by atoms with Crippen LogP contribution in [0.5, 0.6) is 0 Å². The quantitative estimate of drug-likeness (QED) is 0.402. The number of amides is 2. The van der Waals surface area contributed by atoms with E-state index < -0.39 is 5.41 Å². The van der Waals surface area contributed by atoms with Crippen molar-refractivity contribution in [1.82, 2.24) is 25.7 Å². The van der Waals surface area contributed by atoms with E-state index in [2.05, 4.69) is 33.0 Å². The highest BCUT2D eigenvalue weighted by Gasteiger charge is 2.42. The van der Waals surface area contributed by atoms with Gasteiger partial charge in [0, 0.05) is 0 Å². The first-order valence-corrected chi connectivity index (χ1v) is 9.00. The molecule has 0 radical (unpaired) electrons. The van der Waals surface area contributed by atoms with Crippen molar-refractivity contribution >= 4 is 29.3 Å². The summed E-state index contributed by atoms with van der Waals surface area (Å²) in [6.45, 7) is 4.04. The maximum Gasteiger partial charge on any atom is 0.262 e. The third kappa shape index (κ3) is 4.30. The standard InChI is InChI=1S/C18H24N6O3/c1-12-5-7-18(8-6-12,10-24(27)11-25)16(26)21-23-17-19-14-4-3-13(2)9-15(14)20-22-17/h3-4,9,11-12,27H,5-8,10H2,1-2H3,(H,21,26)(H,19,22,23)/t12-,18+. The van der Waals surface area contributed by atoms with E-state index in [1.54, 1.807) is 0 Å². The van der Waals surface area contributed by atoms with Gasteiger partial charge in [-0.2, -0.15) is 0 Å². The summed E-state index contributed by atoms with van der Waals surface area (Å²) >= 11 is 0. The van der Waals surface area contributed by atoms with Crippen molar-refractivity contribution < 1.29 is 14.8 Å². The molecular weight excluding hydrogens is 348 g/mol. The first kappa shape index (κ1) is 19.0. The number of aryl methyl sites for hydroxylation is 1. The molecule has 0 spiro atoms. The number of hydrogen-bond donors (Lipinski definition) is 3. The summed E-state index contributed by atoms with van der Waals surface area (Å²) in [6.07, 6.45) is 3.20. The third-order valence-corrected chi connectivity index (χ3v) is 5.20. The molecule has 9 nitrogen and oxygen atoms in total. The fourth-order valence-corrected chi connectivity index (χ4v) is 3.46. The monoisotopic (exact) mass is 372 g/mol. The van der Waals surface area contributed by atoms with Gasteiger partial charge in [-0.1, -0.05) is 13.0 Å². The van der Waals surface area contributed by atoms with Crippen LogP contribution in [0.2, 0.25) is 0 Å². The van der Waals surface area contributed by atoms with Gasteiger partial charge in [0.25, 0.3) is 5.95 Å². The second-order valence-electron chi connectivity index (χ2n) is 7.37. The van der Waals surface area contributed by atoms with Crippen molar-refractivity contribution in [1.29, 1.82) is 0 Å². The minimum atomic E-state index is -0.851. The number of carbonyl (C=O) groups is 2. The molecule has 1 aliphatic carbocycles. The van der Waals surface area contributed by atoms with E-state index in [1.165, 1.54) is 0 Å². The summed E-state index contributed by atoms with van der Waals surface area (Å²) in [5.74, 6) is 0.386. The maximum atomic E-state index is 12.9. The van der Waals surface area contributed by atoms with E-state index in [-0.39, 0.29) is 18.4 Å². The Bertz CT molecular complexity index is 835. The fourth-order valence-electron chi connectivity index (χ4n) is 3.46. The van der Waals surface area contributed by atoms with Crippen molar-refractivity contribution in [2.24, 2.45) is 11.3 Å². The van der Waals surface area contributed by atoms with Crippen LogP contribution in [-0.4, -0.2) is 44.3 Å². The van der Waals surface area contributed by atoms with E-state index in [4.69, 9.17) is 0 Å². The van der Waals surface area contributed by atoms with Gasteiger partial charge in [-0.15, -0.1) is 10.2 Å². The van der Waals surface area contributed by atoms with Crippen LogP contribution in [-0.2, 0) is 9.59 Å². The molecule has 9 heteroatoms. The minimum absolute atomic E-state index is 0.0488. The maximum absolute atomic E-state index is 12.9. The molecule has 2 amide bonds. The minimum Gasteiger partial charge on any atom is -0.286 e. The van der Waals surface area contributed by atoms with Gasteiger partial charge in [-0.3, -0.25) is 25.6 Å². The summed E-state index contributed by atoms with van der Waals surface area (Å²) in [4.78, 5) is 28.0. The Labute approximate surface area is 157 Å². The first-order valence-electron chi connectivity index (χ1n) is 9.00. The number of benzene rings is 1. The van der Waals surface area contributed by atoms with Crippen LogP contribution in [0.3, 0.4) is 0 Å². The molecular formula is C18H24N6O3. The molecule has 1 heterocycles. The van der Waals surface area contributed by atoms with Gasteiger partial charge >= 0.3 is 0 Å². The number of hydroxylamine groups is 2. The molecule has 0 unspecified atom stereocenters. The molecule has 0 saturated heterocycles. The van der Waals surface area contributed by atoms with E-state index in [0.29, 0.717) is 41.3 Å². The molecule has 3 N–H and O–H groups in total. The Morgan fingerprint density at radius 3 is 2.78 bits per heavy atom. The van der Waals surface area contributed by atoms with Gasteiger partial charge in [0.2, 0.25) is 12.3 Å². The number of carbonyl (C=O) groups excluding carboxylic acids is 2. The predicted octanol–water partition coefficient (Wildman–Crippen LogP) is 1.82. The van der Waals surface area contributed by atoms with Crippen LogP contribution in [0.15, 0.2) is 18.2 Å². The van der Waals surface area contributed by atoms with Crippen LogP contribution < -0.4 is 10.9 Å². The molecule has 27 heavy (non-hydrogen) atoms. The Morgan fingerprint density at radius 1 is 1.33 bits per heavy atom. The van der Waals surface area contributed by atoms with Crippen molar-refractivity contribution in [3.05, 3.63) is 23.8 Å². The zero-order chi connectivity index (χ0) is 19.4. The van der Waals surface area contributed by atoms with E-state index in [0.717, 1.165) is 18.4 Å². The number of hydrogen-bond acceptors (Lipinski definition) is 7. The summed E-state index contributed by atoms with van der Waals surface area (Å²) < 4.78 is 0. The zero-order valence-electron chi connectivity index (χ0n) is 15.5. The molecule has 1 saturated carbocycles. The van der Waals surface area contributed by atoms with E-state index in [1.807, 2.05) is 25.1 Å². The second-order valence-corrected chi connectivity index (χ2v) is 7.37. The lowest BCUT2D eigenvalue weighted by molar-refractivity contribution is -0.163. The van der Waals surface area contributed by atoms with Gasteiger partial charge in [0.15, 0.2) is 0 Å². The normalized spacial score (nSPS) is 22.3. The molecule has 1 aromatic carbocycles. The van der Waals surface area contributed by atoms with Crippen molar-refractivity contribution in [3.63, 3.8) is 0 Å². The van der Waals surface area contributed by atoms with Gasteiger partial charge in [0.05, 0.1) is 17.5 Å². The number of nitrogens with zero attached hydrogens (tertiary/aromatic N) is 4. The first-order chi connectivity index (χ1) is 12.9. The summed E-state index contributed by atoms with van der Waals surface area (Å²) in [6, 6.07) is 5.64. The number of aromatic nitrogens is 3. The molecule has 0 atom stereocenters. The number of hydrazine groups is 1. The van der Waals surface area contributed by atoms with Crippen LogP contribution >= 0.6 is 0 Å². The zero-order valence-corrected chi connectivity index (χ0v) is 15.5. The van der Waals surface area contributed by atoms with Crippen LogP contribution in [0.25, 0.3) is 11.0 Å². The van der Waals surface area contributed by atoms with Crippen LogP contribution in [0, 0.1) is 18.3 Å².